The molecule has 1 unspecified atom stereocenters. The molecular formula is C23H36O. The zero-order chi connectivity index (χ0) is 16.9. The van der Waals surface area contributed by atoms with Gasteiger partial charge in [0.05, 0.1) is 7.11 Å². The fourth-order valence-electron chi connectivity index (χ4n) is 5.57. The third-order valence-electron chi connectivity index (χ3n) is 7.01. The Hall–Kier alpha value is -0.980. The van der Waals surface area contributed by atoms with Crippen LogP contribution >= 0.6 is 0 Å². The molecule has 0 heterocycles. The maximum Gasteiger partial charge on any atom is 0.118 e. The summed E-state index contributed by atoms with van der Waals surface area (Å²) in [5, 5.41) is 0. The summed E-state index contributed by atoms with van der Waals surface area (Å²) in [6.07, 6.45) is 13.1. The van der Waals surface area contributed by atoms with Gasteiger partial charge in [0, 0.05) is 0 Å². The summed E-state index contributed by atoms with van der Waals surface area (Å²) < 4.78 is 5.31. The van der Waals surface area contributed by atoms with Crippen molar-refractivity contribution in [2.24, 2.45) is 23.7 Å². The minimum Gasteiger partial charge on any atom is -0.497 e. The van der Waals surface area contributed by atoms with Crippen LogP contribution in [0.3, 0.4) is 0 Å². The zero-order valence-electron chi connectivity index (χ0n) is 16.0. The molecule has 1 aromatic carbocycles. The van der Waals surface area contributed by atoms with Gasteiger partial charge >= 0.3 is 0 Å². The van der Waals surface area contributed by atoms with E-state index in [9.17, 15) is 0 Å². The van der Waals surface area contributed by atoms with Crippen molar-refractivity contribution in [2.45, 2.75) is 77.6 Å². The van der Waals surface area contributed by atoms with Gasteiger partial charge < -0.3 is 4.74 Å². The van der Waals surface area contributed by atoms with E-state index in [0.29, 0.717) is 0 Å². The molecule has 134 valence electrons. The molecule has 0 spiro atoms. The molecule has 0 aliphatic heterocycles. The minimum absolute atomic E-state index is 0.753. The van der Waals surface area contributed by atoms with E-state index in [2.05, 4.69) is 38.1 Å². The highest BCUT2D eigenvalue weighted by Gasteiger charge is 2.34. The second-order valence-electron chi connectivity index (χ2n) is 8.50. The van der Waals surface area contributed by atoms with Crippen molar-refractivity contribution in [2.75, 3.05) is 7.11 Å². The summed E-state index contributed by atoms with van der Waals surface area (Å²) in [5.41, 5.74) is 1.52. The lowest BCUT2D eigenvalue weighted by atomic mass is 9.65. The van der Waals surface area contributed by atoms with Crippen molar-refractivity contribution in [3.8, 4) is 5.75 Å². The summed E-state index contributed by atoms with van der Waals surface area (Å²) >= 11 is 0. The van der Waals surface area contributed by atoms with Crippen LogP contribution in [0.15, 0.2) is 24.3 Å². The van der Waals surface area contributed by atoms with E-state index in [-0.39, 0.29) is 0 Å². The van der Waals surface area contributed by atoms with Gasteiger partial charge in [-0.1, -0.05) is 51.7 Å². The van der Waals surface area contributed by atoms with Gasteiger partial charge in [0.2, 0.25) is 0 Å². The predicted molar refractivity (Wildman–Crippen MR) is 103 cm³/mol. The van der Waals surface area contributed by atoms with Crippen molar-refractivity contribution < 1.29 is 4.74 Å². The molecule has 0 saturated heterocycles. The first-order chi connectivity index (χ1) is 11.7. The molecule has 24 heavy (non-hydrogen) atoms. The average molecular weight is 329 g/mol. The maximum absolute atomic E-state index is 5.31. The number of hydrogen-bond acceptors (Lipinski definition) is 1. The molecule has 0 radical (unpaired) electrons. The number of rotatable bonds is 5. The van der Waals surface area contributed by atoms with Crippen LogP contribution in [0.1, 0.15) is 83.1 Å². The zero-order valence-corrected chi connectivity index (χ0v) is 16.0. The molecule has 1 heteroatoms. The normalized spacial score (nSPS) is 34.0. The van der Waals surface area contributed by atoms with Crippen molar-refractivity contribution >= 4 is 0 Å². The quantitative estimate of drug-likeness (QED) is 0.576. The van der Waals surface area contributed by atoms with Crippen LogP contribution in [-0.2, 0) is 0 Å². The Morgan fingerprint density at radius 1 is 0.917 bits per heavy atom. The van der Waals surface area contributed by atoms with Gasteiger partial charge in [-0.25, -0.2) is 0 Å². The standard InChI is InChI=1S/C23H36O/c1-4-5-18-6-8-19(9-7-18)21-12-15-23(17(2)16-21)20-10-13-22(24-3)14-11-20/h10-11,13-14,17-19,21,23H,4-9,12,15-16H2,1-3H3/t17-,18?,19?,21?,23-/m1/s1. The molecule has 1 nitrogen and oxygen atoms in total. The van der Waals surface area contributed by atoms with Crippen molar-refractivity contribution in [3.63, 3.8) is 0 Å². The fourth-order valence-corrected chi connectivity index (χ4v) is 5.57. The van der Waals surface area contributed by atoms with Gasteiger partial charge in [0.1, 0.15) is 5.75 Å². The molecule has 3 rings (SSSR count). The summed E-state index contributed by atoms with van der Waals surface area (Å²) in [6, 6.07) is 8.83. The Bertz CT molecular complexity index is 483. The van der Waals surface area contributed by atoms with Gasteiger partial charge in [0.15, 0.2) is 0 Å². The lowest BCUT2D eigenvalue weighted by molar-refractivity contribution is 0.130. The fraction of sp³-hybridized carbons (Fsp3) is 0.739. The largest absolute Gasteiger partial charge is 0.497 e. The SMILES string of the molecule is CCCC1CCC(C2CC[C@@H](c3ccc(OC)cc3)[C@H](C)C2)CC1. The van der Waals surface area contributed by atoms with Crippen LogP contribution < -0.4 is 4.74 Å². The molecule has 2 aliphatic carbocycles. The second kappa shape index (κ2) is 8.41. The highest BCUT2D eigenvalue weighted by molar-refractivity contribution is 5.30. The number of methoxy groups -OCH3 is 1. The molecule has 0 N–H and O–H groups in total. The lowest BCUT2D eigenvalue weighted by Gasteiger charge is -2.41. The van der Waals surface area contributed by atoms with Crippen LogP contribution in [0.4, 0.5) is 0 Å². The van der Waals surface area contributed by atoms with Crippen LogP contribution in [-0.4, -0.2) is 7.11 Å². The molecular weight excluding hydrogens is 292 g/mol. The maximum atomic E-state index is 5.31. The summed E-state index contributed by atoms with van der Waals surface area (Å²) in [4.78, 5) is 0. The molecule has 1 aromatic rings. The van der Waals surface area contributed by atoms with Gasteiger partial charge in [0.25, 0.3) is 0 Å². The molecule has 2 saturated carbocycles. The van der Waals surface area contributed by atoms with Crippen LogP contribution in [0.2, 0.25) is 0 Å². The first-order valence-corrected chi connectivity index (χ1v) is 10.3. The van der Waals surface area contributed by atoms with E-state index in [1.54, 1.807) is 7.11 Å². The topological polar surface area (TPSA) is 9.23 Å². The van der Waals surface area contributed by atoms with Gasteiger partial charge in [-0.05, 0) is 79.4 Å². The summed E-state index contributed by atoms with van der Waals surface area (Å²) in [6.45, 7) is 4.83. The number of ether oxygens (including phenoxy) is 1. The predicted octanol–water partition coefficient (Wildman–Crippen LogP) is 6.82. The Kier molecular flexibility index (Phi) is 6.25. The Labute approximate surface area is 149 Å². The smallest absolute Gasteiger partial charge is 0.118 e. The van der Waals surface area contributed by atoms with Crippen molar-refractivity contribution in [1.82, 2.24) is 0 Å². The Morgan fingerprint density at radius 2 is 1.58 bits per heavy atom. The molecule has 2 aliphatic rings. The molecule has 0 aromatic heterocycles. The molecule has 2 fully saturated rings. The van der Waals surface area contributed by atoms with Gasteiger partial charge in [-0.3, -0.25) is 0 Å². The number of benzene rings is 1. The van der Waals surface area contributed by atoms with Gasteiger partial charge in [-0.2, -0.15) is 0 Å². The first kappa shape index (κ1) is 17.8. The monoisotopic (exact) mass is 328 g/mol. The number of hydrogen-bond donors (Lipinski definition) is 0. The Balaban J connectivity index is 1.53. The molecule has 0 bridgehead atoms. The highest BCUT2D eigenvalue weighted by atomic mass is 16.5. The van der Waals surface area contributed by atoms with E-state index in [4.69, 9.17) is 4.74 Å². The van der Waals surface area contributed by atoms with Crippen LogP contribution in [0, 0.1) is 23.7 Å². The van der Waals surface area contributed by atoms with Crippen molar-refractivity contribution in [1.29, 1.82) is 0 Å². The van der Waals surface area contributed by atoms with Crippen LogP contribution in [0.25, 0.3) is 0 Å². The summed E-state index contributed by atoms with van der Waals surface area (Å²) in [5.74, 6) is 5.62. The second-order valence-corrected chi connectivity index (χ2v) is 8.50. The third kappa shape index (κ3) is 4.16. The van der Waals surface area contributed by atoms with E-state index in [0.717, 1.165) is 35.3 Å². The van der Waals surface area contributed by atoms with E-state index < -0.39 is 0 Å². The van der Waals surface area contributed by atoms with Crippen LogP contribution in [0.5, 0.6) is 5.75 Å². The first-order valence-electron chi connectivity index (χ1n) is 10.3. The third-order valence-corrected chi connectivity index (χ3v) is 7.01. The van der Waals surface area contributed by atoms with E-state index >= 15 is 0 Å². The average Bonchev–Trinajstić information content (AvgIpc) is 2.63. The van der Waals surface area contributed by atoms with E-state index in [1.807, 2.05) is 0 Å². The van der Waals surface area contributed by atoms with Crippen molar-refractivity contribution in [3.05, 3.63) is 29.8 Å². The van der Waals surface area contributed by atoms with E-state index in [1.165, 1.54) is 63.4 Å². The van der Waals surface area contributed by atoms with Gasteiger partial charge in [-0.15, -0.1) is 0 Å². The highest BCUT2D eigenvalue weighted by Crippen LogP contribution is 2.47. The summed E-state index contributed by atoms with van der Waals surface area (Å²) in [7, 11) is 1.75. The Morgan fingerprint density at radius 3 is 2.17 bits per heavy atom. The molecule has 3 atom stereocenters. The lowest BCUT2D eigenvalue weighted by Crippen LogP contribution is -2.29. The molecule has 0 amide bonds. The minimum atomic E-state index is 0.753.